The summed E-state index contributed by atoms with van der Waals surface area (Å²) in [5.41, 5.74) is 1.01. The van der Waals surface area contributed by atoms with Gasteiger partial charge in [-0.25, -0.2) is 4.79 Å². The van der Waals surface area contributed by atoms with Crippen molar-refractivity contribution in [2.45, 2.75) is 50.9 Å². The molecular weight excluding hydrogens is 304 g/mol. The van der Waals surface area contributed by atoms with E-state index in [0.29, 0.717) is 32.3 Å². The van der Waals surface area contributed by atoms with Gasteiger partial charge < -0.3 is 19.7 Å². The number of carbonyl (C=O) groups excluding carboxylic acids is 1. The van der Waals surface area contributed by atoms with Crippen molar-refractivity contribution >= 4 is 6.09 Å². The van der Waals surface area contributed by atoms with Gasteiger partial charge in [-0.2, -0.15) is 0 Å². The Kier molecular flexibility index (Phi) is 6.49. The number of amides is 1. The molecule has 1 atom stereocenters. The molecule has 1 saturated heterocycles. The third-order valence-electron chi connectivity index (χ3n) is 4.84. The highest BCUT2D eigenvalue weighted by Gasteiger charge is 2.26. The van der Waals surface area contributed by atoms with Crippen LogP contribution in [0.1, 0.15) is 37.7 Å². The lowest BCUT2D eigenvalue weighted by Gasteiger charge is -2.33. The maximum Gasteiger partial charge on any atom is 0.410 e. The SMILES string of the molecule is O=C(OCc1ccccc1)N1CCOC(CNC2CCCCC2)C1. The Hall–Kier alpha value is -1.59. The zero-order chi connectivity index (χ0) is 16.6. The third kappa shape index (κ3) is 5.21. The average Bonchev–Trinajstić information content (AvgIpc) is 2.66. The van der Waals surface area contributed by atoms with Crippen LogP contribution >= 0.6 is 0 Å². The lowest BCUT2D eigenvalue weighted by atomic mass is 9.95. The zero-order valence-corrected chi connectivity index (χ0v) is 14.3. The second-order valence-corrected chi connectivity index (χ2v) is 6.72. The summed E-state index contributed by atoms with van der Waals surface area (Å²) >= 11 is 0. The Morgan fingerprint density at radius 3 is 2.79 bits per heavy atom. The highest BCUT2D eigenvalue weighted by atomic mass is 16.6. The van der Waals surface area contributed by atoms with Crippen molar-refractivity contribution in [3.05, 3.63) is 35.9 Å². The molecule has 5 nitrogen and oxygen atoms in total. The summed E-state index contributed by atoms with van der Waals surface area (Å²) in [7, 11) is 0. The van der Waals surface area contributed by atoms with Crippen molar-refractivity contribution in [3.8, 4) is 0 Å². The highest BCUT2D eigenvalue weighted by molar-refractivity contribution is 5.67. The van der Waals surface area contributed by atoms with Crippen LogP contribution in [0.5, 0.6) is 0 Å². The summed E-state index contributed by atoms with van der Waals surface area (Å²) in [6, 6.07) is 10.4. The first-order valence-electron chi connectivity index (χ1n) is 9.12. The maximum absolute atomic E-state index is 12.3. The predicted octanol–water partition coefficient (Wildman–Crippen LogP) is 2.95. The summed E-state index contributed by atoms with van der Waals surface area (Å²) < 4.78 is 11.2. The van der Waals surface area contributed by atoms with Crippen molar-refractivity contribution in [1.82, 2.24) is 10.2 Å². The first-order chi connectivity index (χ1) is 11.8. The molecule has 1 aliphatic heterocycles. The van der Waals surface area contributed by atoms with Crippen LogP contribution in [0.3, 0.4) is 0 Å². The van der Waals surface area contributed by atoms with Crippen LogP contribution in [0.2, 0.25) is 0 Å². The van der Waals surface area contributed by atoms with Gasteiger partial charge in [0.05, 0.1) is 19.3 Å². The molecule has 1 heterocycles. The van der Waals surface area contributed by atoms with Crippen molar-refractivity contribution in [2.24, 2.45) is 0 Å². The van der Waals surface area contributed by atoms with Gasteiger partial charge in [0.1, 0.15) is 6.61 Å². The van der Waals surface area contributed by atoms with Gasteiger partial charge in [-0.3, -0.25) is 0 Å². The molecule has 1 saturated carbocycles. The van der Waals surface area contributed by atoms with Crippen LogP contribution in [0, 0.1) is 0 Å². The fraction of sp³-hybridized carbons (Fsp3) is 0.632. The Labute approximate surface area is 144 Å². The van der Waals surface area contributed by atoms with Crippen LogP contribution < -0.4 is 5.32 Å². The molecule has 3 rings (SSSR count). The molecule has 132 valence electrons. The Morgan fingerprint density at radius 1 is 1.21 bits per heavy atom. The zero-order valence-electron chi connectivity index (χ0n) is 14.3. The fourth-order valence-electron chi connectivity index (χ4n) is 3.42. The van der Waals surface area contributed by atoms with E-state index in [4.69, 9.17) is 9.47 Å². The number of nitrogens with one attached hydrogen (secondary N) is 1. The number of nitrogens with zero attached hydrogens (tertiary/aromatic N) is 1. The van der Waals surface area contributed by atoms with E-state index in [1.54, 1.807) is 4.90 Å². The fourth-order valence-corrected chi connectivity index (χ4v) is 3.42. The van der Waals surface area contributed by atoms with Gasteiger partial charge in [0.2, 0.25) is 0 Å². The van der Waals surface area contributed by atoms with Crippen LogP contribution in [0.4, 0.5) is 4.79 Å². The number of benzene rings is 1. The smallest absolute Gasteiger partial charge is 0.410 e. The molecule has 2 fully saturated rings. The van der Waals surface area contributed by atoms with E-state index in [2.05, 4.69) is 5.32 Å². The third-order valence-corrected chi connectivity index (χ3v) is 4.84. The number of hydrogen-bond acceptors (Lipinski definition) is 4. The molecule has 0 spiro atoms. The first-order valence-corrected chi connectivity index (χ1v) is 9.12. The second-order valence-electron chi connectivity index (χ2n) is 6.72. The van der Waals surface area contributed by atoms with Gasteiger partial charge in [0.25, 0.3) is 0 Å². The molecule has 2 aliphatic rings. The molecule has 5 heteroatoms. The molecule has 1 unspecified atom stereocenters. The minimum Gasteiger partial charge on any atom is -0.445 e. The van der Waals surface area contributed by atoms with E-state index >= 15 is 0 Å². The lowest BCUT2D eigenvalue weighted by molar-refractivity contribution is -0.0283. The van der Waals surface area contributed by atoms with E-state index in [1.165, 1.54) is 32.1 Å². The van der Waals surface area contributed by atoms with Crippen LogP contribution in [0.25, 0.3) is 0 Å². The topological polar surface area (TPSA) is 50.8 Å². The Balaban J connectivity index is 1.40. The largest absolute Gasteiger partial charge is 0.445 e. The summed E-state index contributed by atoms with van der Waals surface area (Å²) in [4.78, 5) is 14.0. The molecule has 1 aromatic rings. The summed E-state index contributed by atoms with van der Waals surface area (Å²) in [5, 5.41) is 3.60. The number of rotatable bonds is 5. The minimum absolute atomic E-state index is 0.0601. The molecule has 1 N–H and O–H groups in total. The molecule has 1 aliphatic carbocycles. The Bertz CT molecular complexity index is 503. The van der Waals surface area contributed by atoms with Crippen LogP contribution in [-0.4, -0.2) is 49.4 Å². The van der Waals surface area contributed by atoms with Crippen molar-refractivity contribution < 1.29 is 14.3 Å². The summed E-state index contributed by atoms with van der Waals surface area (Å²) in [6.45, 7) is 2.92. The van der Waals surface area contributed by atoms with Gasteiger partial charge in [0, 0.05) is 19.1 Å². The monoisotopic (exact) mass is 332 g/mol. The molecular formula is C19H28N2O3. The average molecular weight is 332 g/mol. The predicted molar refractivity (Wildman–Crippen MR) is 92.8 cm³/mol. The van der Waals surface area contributed by atoms with E-state index in [1.807, 2.05) is 30.3 Å². The van der Waals surface area contributed by atoms with Gasteiger partial charge in [0.15, 0.2) is 0 Å². The van der Waals surface area contributed by atoms with Gasteiger partial charge in [-0.15, -0.1) is 0 Å². The molecule has 0 aromatic heterocycles. The lowest BCUT2D eigenvalue weighted by Crippen LogP contribution is -2.50. The van der Waals surface area contributed by atoms with Gasteiger partial charge in [-0.1, -0.05) is 49.6 Å². The van der Waals surface area contributed by atoms with E-state index in [9.17, 15) is 4.79 Å². The minimum atomic E-state index is -0.246. The molecule has 1 amide bonds. The number of hydrogen-bond donors (Lipinski definition) is 1. The second kappa shape index (κ2) is 9.04. The standard InChI is InChI=1S/C19H28N2O3/c22-19(24-15-16-7-3-1-4-8-16)21-11-12-23-18(14-21)13-20-17-9-5-2-6-10-17/h1,3-4,7-8,17-18,20H,2,5-6,9-15H2. The first kappa shape index (κ1) is 17.2. The quantitative estimate of drug-likeness (QED) is 0.901. The number of ether oxygens (including phenoxy) is 2. The van der Waals surface area contributed by atoms with Gasteiger partial charge in [-0.05, 0) is 18.4 Å². The van der Waals surface area contributed by atoms with E-state index in [-0.39, 0.29) is 12.2 Å². The highest BCUT2D eigenvalue weighted by Crippen LogP contribution is 2.17. The summed E-state index contributed by atoms with van der Waals surface area (Å²) in [5.74, 6) is 0. The molecule has 24 heavy (non-hydrogen) atoms. The van der Waals surface area contributed by atoms with Crippen molar-refractivity contribution in [2.75, 3.05) is 26.2 Å². The van der Waals surface area contributed by atoms with Gasteiger partial charge >= 0.3 is 6.09 Å². The van der Waals surface area contributed by atoms with E-state index < -0.39 is 0 Å². The van der Waals surface area contributed by atoms with Crippen molar-refractivity contribution in [3.63, 3.8) is 0 Å². The van der Waals surface area contributed by atoms with Crippen LogP contribution in [-0.2, 0) is 16.1 Å². The Morgan fingerprint density at radius 2 is 2.00 bits per heavy atom. The number of morpholine rings is 1. The molecule has 0 radical (unpaired) electrons. The van der Waals surface area contributed by atoms with Crippen LogP contribution in [0.15, 0.2) is 30.3 Å². The molecule has 1 aromatic carbocycles. The normalized spacial score (nSPS) is 22.3. The maximum atomic E-state index is 12.3. The molecule has 0 bridgehead atoms. The van der Waals surface area contributed by atoms with Crippen molar-refractivity contribution in [1.29, 1.82) is 0 Å². The number of carbonyl (C=O) groups is 1. The van der Waals surface area contributed by atoms with E-state index in [0.717, 1.165) is 12.1 Å². The summed E-state index contributed by atoms with van der Waals surface area (Å²) in [6.07, 6.45) is 6.33.